The van der Waals surface area contributed by atoms with E-state index in [0.717, 1.165) is 12.3 Å². The molecule has 0 heterocycles. The number of hydrogen-bond donors (Lipinski definition) is 1. The van der Waals surface area contributed by atoms with Gasteiger partial charge in [0.05, 0.1) is 6.10 Å². The third-order valence-corrected chi connectivity index (χ3v) is 3.45. The Bertz CT molecular complexity index is 148. The molecule has 0 saturated heterocycles. The average Bonchev–Trinajstić information content (AvgIpc) is 2.62. The van der Waals surface area contributed by atoms with Crippen molar-refractivity contribution in [3.63, 3.8) is 0 Å². The van der Waals surface area contributed by atoms with Gasteiger partial charge in [-0.05, 0) is 37.0 Å². The van der Waals surface area contributed by atoms with Gasteiger partial charge in [-0.1, -0.05) is 6.42 Å². The highest BCUT2D eigenvalue weighted by atomic mass is 19.1. The van der Waals surface area contributed by atoms with Crippen molar-refractivity contribution in [1.29, 1.82) is 0 Å². The van der Waals surface area contributed by atoms with Crippen LogP contribution in [0.25, 0.3) is 0 Å². The second kappa shape index (κ2) is 2.74. The molecule has 2 bridgehead atoms. The van der Waals surface area contributed by atoms with Crippen LogP contribution in [-0.2, 0) is 0 Å². The molecule has 0 aromatic heterocycles. The van der Waals surface area contributed by atoms with Gasteiger partial charge in [-0.25, -0.2) is 4.39 Å². The highest BCUT2D eigenvalue weighted by Gasteiger charge is 2.42. The van der Waals surface area contributed by atoms with E-state index < -0.39 is 12.8 Å². The second-order valence-electron chi connectivity index (χ2n) is 4.06. The summed E-state index contributed by atoms with van der Waals surface area (Å²) in [6.07, 6.45) is 4.22. The predicted octanol–water partition coefficient (Wildman–Crippen LogP) is 1.75. The summed E-state index contributed by atoms with van der Waals surface area (Å²) in [5.74, 6) is 1.75. The van der Waals surface area contributed by atoms with Crippen LogP contribution in [0.4, 0.5) is 4.39 Å². The van der Waals surface area contributed by atoms with Crippen molar-refractivity contribution in [2.24, 2.45) is 17.8 Å². The van der Waals surface area contributed by atoms with Gasteiger partial charge in [-0.2, -0.15) is 0 Å². The third-order valence-electron chi connectivity index (χ3n) is 3.45. The molecular formula is C9H15FO. The van der Waals surface area contributed by atoms with Gasteiger partial charge in [0.25, 0.3) is 0 Å². The molecule has 0 aromatic rings. The molecule has 0 amide bonds. The minimum Gasteiger partial charge on any atom is -0.390 e. The van der Waals surface area contributed by atoms with Crippen molar-refractivity contribution in [2.45, 2.75) is 31.8 Å². The van der Waals surface area contributed by atoms with Crippen molar-refractivity contribution < 1.29 is 9.50 Å². The molecule has 0 radical (unpaired) electrons. The lowest BCUT2D eigenvalue weighted by Crippen LogP contribution is -2.27. The topological polar surface area (TPSA) is 20.2 Å². The maximum absolute atomic E-state index is 12.1. The Morgan fingerprint density at radius 1 is 1.36 bits per heavy atom. The summed E-state index contributed by atoms with van der Waals surface area (Å²) in [6, 6.07) is 0. The van der Waals surface area contributed by atoms with Crippen LogP contribution in [0.5, 0.6) is 0 Å². The van der Waals surface area contributed by atoms with Crippen molar-refractivity contribution in [3.05, 3.63) is 0 Å². The number of rotatable bonds is 2. The van der Waals surface area contributed by atoms with E-state index in [1.807, 2.05) is 0 Å². The van der Waals surface area contributed by atoms with E-state index in [1.54, 1.807) is 0 Å². The zero-order valence-corrected chi connectivity index (χ0v) is 6.67. The molecule has 1 N–H and O–H groups in total. The molecule has 11 heavy (non-hydrogen) atoms. The van der Waals surface area contributed by atoms with Gasteiger partial charge in [0.1, 0.15) is 6.67 Å². The van der Waals surface area contributed by atoms with E-state index in [1.165, 1.54) is 19.3 Å². The number of fused-ring (bicyclic) bond motifs is 2. The predicted molar refractivity (Wildman–Crippen MR) is 40.9 cm³/mol. The fourth-order valence-corrected chi connectivity index (χ4v) is 2.88. The highest BCUT2D eigenvalue weighted by molar-refractivity contribution is 4.92. The number of aliphatic hydroxyl groups is 1. The molecule has 2 rings (SSSR count). The first-order valence-corrected chi connectivity index (χ1v) is 4.55. The zero-order valence-electron chi connectivity index (χ0n) is 6.67. The standard InChI is InChI=1S/C9H15FO/c10-5-9(11)8-4-6-1-2-7(8)3-6/h6-9,11H,1-5H2. The fourth-order valence-electron chi connectivity index (χ4n) is 2.88. The summed E-state index contributed by atoms with van der Waals surface area (Å²) in [5.41, 5.74) is 0. The fraction of sp³-hybridized carbons (Fsp3) is 1.00. The smallest absolute Gasteiger partial charge is 0.116 e. The Labute approximate surface area is 66.6 Å². The Kier molecular flexibility index (Phi) is 1.88. The lowest BCUT2D eigenvalue weighted by atomic mass is 9.85. The first kappa shape index (κ1) is 7.53. The summed E-state index contributed by atoms with van der Waals surface area (Å²) in [7, 11) is 0. The van der Waals surface area contributed by atoms with Gasteiger partial charge < -0.3 is 5.11 Å². The van der Waals surface area contributed by atoms with Gasteiger partial charge in [-0.3, -0.25) is 0 Å². The zero-order chi connectivity index (χ0) is 7.84. The van der Waals surface area contributed by atoms with Gasteiger partial charge in [0.2, 0.25) is 0 Å². The van der Waals surface area contributed by atoms with Gasteiger partial charge in [0.15, 0.2) is 0 Å². The monoisotopic (exact) mass is 158 g/mol. The van der Waals surface area contributed by atoms with Crippen LogP contribution in [-0.4, -0.2) is 17.9 Å². The van der Waals surface area contributed by atoms with Crippen molar-refractivity contribution in [1.82, 2.24) is 0 Å². The van der Waals surface area contributed by atoms with Crippen molar-refractivity contribution in [2.75, 3.05) is 6.67 Å². The van der Waals surface area contributed by atoms with Crippen molar-refractivity contribution >= 4 is 0 Å². The minimum atomic E-state index is -0.662. The molecule has 4 unspecified atom stereocenters. The summed E-state index contributed by atoms with van der Waals surface area (Å²) in [6.45, 7) is -0.548. The Hall–Kier alpha value is -0.110. The van der Waals surface area contributed by atoms with Gasteiger partial charge in [0, 0.05) is 0 Å². The molecular weight excluding hydrogens is 143 g/mol. The molecule has 0 aliphatic heterocycles. The molecule has 2 saturated carbocycles. The first-order chi connectivity index (χ1) is 5.31. The summed E-state index contributed by atoms with van der Waals surface area (Å²) in [4.78, 5) is 0. The molecule has 2 heteroatoms. The maximum atomic E-state index is 12.1. The lowest BCUT2D eigenvalue weighted by molar-refractivity contribution is 0.0530. The number of halogens is 1. The van der Waals surface area contributed by atoms with E-state index >= 15 is 0 Å². The first-order valence-electron chi connectivity index (χ1n) is 4.55. The quantitative estimate of drug-likeness (QED) is 0.649. The average molecular weight is 158 g/mol. The Balaban J connectivity index is 1.96. The number of alkyl halides is 1. The molecule has 2 aliphatic carbocycles. The van der Waals surface area contributed by atoms with E-state index in [-0.39, 0.29) is 0 Å². The van der Waals surface area contributed by atoms with Gasteiger partial charge >= 0.3 is 0 Å². The summed E-state index contributed by atoms with van der Waals surface area (Å²) in [5, 5.41) is 9.30. The van der Waals surface area contributed by atoms with Gasteiger partial charge in [-0.15, -0.1) is 0 Å². The van der Waals surface area contributed by atoms with Crippen LogP contribution in [0.2, 0.25) is 0 Å². The van der Waals surface area contributed by atoms with Crippen LogP contribution >= 0.6 is 0 Å². The summed E-state index contributed by atoms with van der Waals surface area (Å²) < 4.78 is 12.1. The van der Waals surface area contributed by atoms with Crippen molar-refractivity contribution in [3.8, 4) is 0 Å². The molecule has 64 valence electrons. The van der Waals surface area contributed by atoms with E-state index in [0.29, 0.717) is 11.8 Å². The summed E-state index contributed by atoms with van der Waals surface area (Å²) >= 11 is 0. The molecule has 4 atom stereocenters. The minimum absolute atomic E-state index is 0.291. The van der Waals surface area contributed by atoms with Crippen LogP contribution < -0.4 is 0 Å². The van der Waals surface area contributed by atoms with E-state index in [9.17, 15) is 9.50 Å². The second-order valence-corrected chi connectivity index (χ2v) is 4.06. The number of hydrogen-bond acceptors (Lipinski definition) is 1. The normalized spacial score (nSPS) is 44.7. The van der Waals surface area contributed by atoms with Crippen LogP contribution in [0, 0.1) is 17.8 Å². The Morgan fingerprint density at radius 2 is 2.18 bits per heavy atom. The molecule has 0 spiro atoms. The van der Waals surface area contributed by atoms with Crippen LogP contribution in [0.1, 0.15) is 25.7 Å². The van der Waals surface area contributed by atoms with Crippen LogP contribution in [0.3, 0.4) is 0 Å². The van der Waals surface area contributed by atoms with Crippen LogP contribution in [0.15, 0.2) is 0 Å². The largest absolute Gasteiger partial charge is 0.390 e. The van der Waals surface area contributed by atoms with E-state index in [4.69, 9.17) is 0 Å². The van der Waals surface area contributed by atoms with E-state index in [2.05, 4.69) is 0 Å². The Morgan fingerprint density at radius 3 is 2.64 bits per heavy atom. The maximum Gasteiger partial charge on any atom is 0.116 e. The highest BCUT2D eigenvalue weighted by Crippen LogP contribution is 2.49. The third kappa shape index (κ3) is 1.18. The molecule has 2 fully saturated rings. The SMILES string of the molecule is OC(CF)C1CC2CCC1C2. The lowest BCUT2D eigenvalue weighted by Gasteiger charge is -2.24. The molecule has 0 aromatic carbocycles. The molecule has 1 nitrogen and oxygen atoms in total. The number of aliphatic hydroxyl groups excluding tert-OH is 1. The molecule has 2 aliphatic rings.